The molecule has 0 fully saturated rings. The van der Waals surface area contributed by atoms with Gasteiger partial charge in [0.2, 0.25) is 15.9 Å². The van der Waals surface area contributed by atoms with Crippen LogP contribution in [0.3, 0.4) is 0 Å². The first kappa shape index (κ1) is 14.6. The number of carbonyl (C=O) groups excluding carboxylic acids is 1. The average Bonchev–Trinajstić information content (AvgIpc) is 2.72. The Morgan fingerprint density at radius 3 is 2.78 bits per heavy atom. The largest absolute Gasteiger partial charge is 0.469 e. The zero-order chi connectivity index (χ0) is 13.6. The number of hydrogen-bond donors (Lipinski definition) is 1. The van der Waals surface area contributed by atoms with Gasteiger partial charge in [-0.25, -0.2) is 13.1 Å². The standard InChI is InChI=1S/C9H15N3O5S/c1-7-11-8(12-17-7)6-10-18(14,15)5-3-4-9(13)16-2/h10H,3-6H2,1-2H3. The van der Waals surface area contributed by atoms with E-state index in [0.29, 0.717) is 5.89 Å². The van der Waals surface area contributed by atoms with Crippen LogP contribution in [-0.2, 0) is 26.1 Å². The molecular formula is C9H15N3O5S. The third-order valence-corrected chi connectivity index (χ3v) is 3.45. The summed E-state index contributed by atoms with van der Waals surface area (Å²) >= 11 is 0. The molecule has 0 radical (unpaired) electrons. The summed E-state index contributed by atoms with van der Waals surface area (Å²) in [6.07, 6.45) is 0.270. The lowest BCUT2D eigenvalue weighted by Gasteiger charge is -2.03. The van der Waals surface area contributed by atoms with Crippen LogP contribution in [0.2, 0.25) is 0 Å². The van der Waals surface area contributed by atoms with E-state index in [9.17, 15) is 13.2 Å². The highest BCUT2D eigenvalue weighted by molar-refractivity contribution is 7.89. The Labute approximate surface area is 105 Å². The average molecular weight is 277 g/mol. The van der Waals surface area contributed by atoms with Gasteiger partial charge < -0.3 is 9.26 Å². The molecule has 1 heterocycles. The van der Waals surface area contributed by atoms with E-state index in [1.165, 1.54) is 7.11 Å². The van der Waals surface area contributed by atoms with Crippen LogP contribution < -0.4 is 4.72 Å². The van der Waals surface area contributed by atoms with Crippen molar-refractivity contribution >= 4 is 16.0 Å². The molecule has 0 aliphatic heterocycles. The fraction of sp³-hybridized carbons (Fsp3) is 0.667. The first-order valence-electron chi connectivity index (χ1n) is 5.26. The van der Waals surface area contributed by atoms with Crippen molar-refractivity contribution in [3.63, 3.8) is 0 Å². The number of rotatable bonds is 7. The molecule has 0 saturated carbocycles. The predicted octanol–water partition coefficient (Wildman–Crippen LogP) is -0.249. The van der Waals surface area contributed by atoms with E-state index in [-0.39, 0.29) is 31.0 Å². The van der Waals surface area contributed by atoms with E-state index in [1.807, 2.05) is 0 Å². The molecule has 1 aromatic heterocycles. The monoisotopic (exact) mass is 277 g/mol. The van der Waals surface area contributed by atoms with Crippen molar-refractivity contribution in [2.24, 2.45) is 0 Å². The Balaban J connectivity index is 2.33. The molecule has 0 amide bonds. The van der Waals surface area contributed by atoms with Crippen LogP contribution in [0.4, 0.5) is 0 Å². The van der Waals surface area contributed by atoms with Gasteiger partial charge in [0.1, 0.15) is 0 Å². The van der Waals surface area contributed by atoms with Crippen LogP contribution in [0.5, 0.6) is 0 Å². The normalized spacial score (nSPS) is 11.4. The molecule has 0 bridgehead atoms. The quantitative estimate of drug-likeness (QED) is 0.684. The fourth-order valence-corrected chi connectivity index (χ4v) is 2.19. The highest BCUT2D eigenvalue weighted by Crippen LogP contribution is 1.99. The van der Waals surface area contributed by atoms with Crippen LogP contribution in [0.15, 0.2) is 4.52 Å². The van der Waals surface area contributed by atoms with Crippen LogP contribution >= 0.6 is 0 Å². The number of esters is 1. The maximum Gasteiger partial charge on any atom is 0.305 e. The van der Waals surface area contributed by atoms with E-state index in [0.717, 1.165) is 0 Å². The third kappa shape index (κ3) is 5.23. The van der Waals surface area contributed by atoms with Crippen LogP contribution in [0, 0.1) is 6.92 Å². The molecule has 0 spiro atoms. The molecular weight excluding hydrogens is 262 g/mol. The minimum Gasteiger partial charge on any atom is -0.469 e. The minimum absolute atomic E-state index is 0.0299. The van der Waals surface area contributed by atoms with Crippen molar-refractivity contribution < 1.29 is 22.5 Å². The molecule has 1 aromatic rings. The summed E-state index contributed by atoms with van der Waals surface area (Å²) in [5.74, 6) is 0.0526. The molecule has 102 valence electrons. The molecule has 1 N–H and O–H groups in total. The number of nitrogens with zero attached hydrogens (tertiary/aromatic N) is 2. The number of aromatic nitrogens is 2. The molecule has 0 aliphatic rings. The zero-order valence-electron chi connectivity index (χ0n) is 10.2. The lowest BCUT2D eigenvalue weighted by Crippen LogP contribution is -2.26. The van der Waals surface area contributed by atoms with E-state index in [2.05, 4.69) is 19.6 Å². The number of carbonyl (C=O) groups is 1. The van der Waals surface area contributed by atoms with Gasteiger partial charge in [-0.15, -0.1) is 0 Å². The van der Waals surface area contributed by atoms with Gasteiger partial charge in [-0.1, -0.05) is 5.16 Å². The van der Waals surface area contributed by atoms with Gasteiger partial charge in [0.15, 0.2) is 5.82 Å². The SMILES string of the molecule is COC(=O)CCCS(=O)(=O)NCc1noc(C)n1. The van der Waals surface area contributed by atoms with E-state index in [1.54, 1.807) is 6.92 Å². The number of nitrogens with one attached hydrogen (secondary N) is 1. The number of ether oxygens (including phenoxy) is 1. The maximum absolute atomic E-state index is 11.5. The third-order valence-electron chi connectivity index (χ3n) is 2.04. The maximum atomic E-state index is 11.5. The van der Waals surface area contributed by atoms with Gasteiger partial charge in [-0.2, -0.15) is 4.98 Å². The van der Waals surface area contributed by atoms with Crippen LogP contribution in [0.1, 0.15) is 24.6 Å². The first-order valence-corrected chi connectivity index (χ1v) is 6.91. The Morgan fingerprint density at radius 1 is 1.50 bits per heavy atom. The highest BCUT2D eigenvalue weighted by atomic mass is 32.2. The molecule has 18 heavy (non-hydrogen) atoms. The van der Waals surface area contributed by atoms with Crippen LogP contribution in [0.25, 0.3) is 0 Å². The predicted molar refractivity (Wildman–Crippen MR) is 60.9 cm³/mol. The summed E-state index contributed by atoms with van der Waals surface area (Å²) in [5.41, 5.74) is 0. The lowest BCUT2D eigenvalue weighted by molar-refractivity contribution is -0.140. The first-order chi connectivity index (χ1) is 8.43. The number of hydrogen-bond acceptors (Lipinski definition) is 7. The highest BCUT2D eigenvalue weighted by Gasteiger charge is 2.13. The summed E-state index contributed by atoms with van der Waals surface area (Å²) in [6.45, 7) is 1.58. The molecule has 0 unspecified atom stereocenters. The van der Waals surface area contributed by atoms with Gasteiger partial charge in [0.25, 0.3) is 0 Å². The van der Waals surface area contributed by atoms with Gasteiger partial charge in [-0.05, 0) is 6.42 Å². The van der Waals surface area contributed by atoms with Crippen molar-refractivity contribution in [3.05, 3.63) is 11.7 Å². The Bertz CT molecular complexity index is 496. The van der Waals surface area contributed by atoms with Gasteiger partial charge >= 0.3 is 5.97 Å². The zero-order valence-corrected chi connectivity index (χ0v) is 11.0. The van der Waals surface area contributed by atoms with Crippen LogP contribution in [-0.4, -0.2) is 37.4 Å². The van der Waals surface area contributed by atoms with Crippen molar-refractivity contribution in [2.75, 3.05) is 12.9 Å². The van der Waals surface area contributed by atoms with Gasteiger partial charge in [-0.3, -0.25) is 4.79 Å². The minimum atomic E-state index is -3.45. The summed E-state index contributed by atoms with van der Waals surface area (Å²) in [5, 5.41) is 3.55. The number of methoxy groups -OCH3 is 1. The van der Waals surface area contributed by atoms with Gasteiger partial charge in [0.05, 0.1) is 19.4 Å². The van der Waals surface area contributed by atoms with E-state index >= 15 is 0 Å². The van der Waals surface area contributed by atoms with E-state index in [4.69, 9.17) is 4.52 Å². The molecule has 1 rings (SSSR count). The van der Waals surface area contributed by atoms with Crippen molar-refractivity contribution in [1.82, 2.24) is 14.9 Å². The molecule has 0 aromatic carbocycles. The molecule has 9 heteroatoms. The van der Waals surface area contributed by atoms with E-state index < -0.39 is 16.0 Å². The molecule has 0 saturated heterocycles. The van der Waals surface area contributed by atoms with Crippen molar-refractivity contribution in [1.29, 1.82) is 0 Å². The fourth-order valence-electron chi connectivity index (χ4n) is 1.17. The summed E-state index contributed by atoms with van der Waals surface area (Å²) in [6, 6.07) is 0. The number of sulfonamides is 1. The summed E-state index contributed by atoms with van der Waals surface area (Å²) in [4.78, 5) is 14.7. The molecule has 8 nitrogen and oxygen atoms in total. The Morgan fingerprint density at radius 2 is 2.22 bits per heavy atom. The smallest absolute Gasteiger partial charge is 0.305 e. The Kier molecular flexibility index (Phi) is 5.23. The summed E-state index contributed by atoms with van der Waals surface area (Å²) < 4.78 is 34.5. The second-order valence-electron chi connectivity index (χ2n) is 3.55. The second-order valence-corrected chi connectivity index (χ2v) is 5.48. The molecule has 0 atom stereocenters. The second kappa shape index (κ2) is 6.45. The van der Waals surface area contributed by atoms with Gasteiger partial charge in [0, 0.05) is 13.3 Å². The molecule has 0 aliphatic carbocycles. The lowest BCUT2D eigenvalue weighted by atomic mass is 10.3. The van der Waals surface area contributed by atoms with Crippen molar-refractivity contribution in [3.8, 4) is 0 Å². The topological polar surface area (TPSA) is 111 Å². The Hall–Kier alpha value is -1.48. The number of aryl methyl sites for hydroxylation is 1. The van der Waals surface area contributed by atoms with Crippen molar-refractivity contribution in [2.45, 2.75) is 26.3 Å². The summed E-state index contributed by atoms with van der Waals surface area (Å²) in [7, 11) is -2.20.